The van der Waals surface area contributed by atoms with Gasteiger partial charge in [0, 0.05) is 24.0 Å². The van der Waals surface area contributed by atoms with E-state index < -0.39 is 10.0 Å². The first-order valence-electron chi connectivity index (χ1n) is 9.07. The van der Waals surface area contributed by atoms with Gasteiger partial charge in [-0.1, -0.05) is 46.1 Å². The van der Waals surface area contributed by atoms with Gasteiger partial charge in [0.1, 0.15) is 5.52 Å². The van der Waals surface area contributed by atoms with Gasteiger partial charge in [-0.2, -0.15) is 4.31 Å². The van der Waals surface area contributed by atoms with E-state index in [9.17, 15) is 13.2 Å². The van der Waals surface area contributed by atoms with Crippen molar-refractivity contribution in [3.05, 3.63) is 51.5 Å². The van der Waals surface area contributed by atoms with E-state index in [0.29, 0.717) is 43.3 Å². The van der Waals surface area contributed by atoms with Gasteiger partial charge in [-0.25, -0.2) is 13.4 Å². The number of thiazole rings is 1. The van der Waals surface area contributed by atoms with Crippen molar-refractivity contribution >= 4 is 77.4 Å². The van der Waals surface area contributed by atoms with Crippen molar-refractivity contribution in [1.82, 2.24) is 9.29 Å². The number of sulfonamides is 1. The second-order valence-corrected chi connectivity index (χ2v) is 11.0. The number of rotatable bonds is 4. The number of nitrogens with zero attached hydrogens (tertiary/aromatic N) is 2. The summed E-state index contributed by atoms with van der Waals surface area (Å²) in [6.07, 6.45) is 0.843. The molecular formula is C19H16Cl3N3O3S2. The zero-order valence-electron chi connectivity index (χ0n) is 15.4. The second kappa shape index (κ2) is 8.61. The highest BCUT2D eigenvalue weighted by Gasteiger charge is 2.32. The molecule has 1 aliphatic heterocycles. The summed E-state index contributed by atoms with van der Waals surface area (Å²) in [6, 6.07) is 9.41. The SMILES string of the molecule is O=C(Nc1nc2c(Cl)ccc(Cl)c2s1)C1CCN(S(=O)(=O)c2ccc(Cl)cc2)CC1. The van der Waals surface area contributed by atoms with Gasteiger partial charge < -0.3 is 5.32 Å². The van der Waals surface area contributed by atoms with E-state index in [4.69, 9.17) is 34.8 Å². The number of hydrogen-bond donors (Lipinski definition) is 1. The van der Waals surface area contributed by atoms with Gasteiger partial charge in [-0.15, -0.1) is 0 Å². The predicted octanol–water partition coefficient (Wildman–Crippen LogP) is 5.30. The molecule has 1 saturated heterocycles. The number of carbonyl (C=O) groups is 1. The average Bonchev–Trinajstić information content (AvgIpc) is 3.16. The van der Waals surface area contributed by atoms with Gasteiger partial charge in [0.2, 0.25) is 15.9 Å². The fourth-order valence-corrected chi connectivity index (χ4v) is 6.34. The lowest BCUT2D eigenvalue weighted by molar-refractivity contribution is -0.120. The van der Waals surface area contributed by atoms with E-state index in [1.54, 1.807) is 24.3 Å². The minimum absolute atomic E-state index is 0.190. The Morgan fingerprint density at radius 2 is 1.67 bits per heavy atom. The third kappa shape index (κ3) is 4.30. The number of benzene rings is 2. The number of nitrogens with one attached hydrogen (secondary N) is 1. The lowest BCUT2D eigenvalue weighted by Gasteiger charge is -2.30. The maximum absolute atomic E-state index is 12.8. The van der Waals surface area contributed by atoms with Crippen LogP contribution < -0.4 is 5.32 Å². The zero-order valence-corrected chi connectivity index (χ0v) is 19.3. The standard InChI is InChI=1S/C19H16Cl3N3O3S2/c20-12-1-3-13(4-2-12)30(27,28)25-9-7-11(8-10-25)18(26)24-19-23-16-14(21)5-6-15(22)17(16)29-19/h1-6,11H,7-10H2,(H,23,24,26). The van der Waals surface area contributed by atoms with Crippen molar-refractivity contribution in [1.29, 1.82) is 0 Å². The molecular weight excluding hydrogens is 489 g/mol. The molecule has 0 spiro atoms. The summed E-state index contributed by atoms with van der Waals surface area (Å²) >= 11 is 19.4. The maximum atomic E-state index is 12.8. The smallest absolute Gasteiger partial charge is 0.243 e. The van der Waals surface area contributed by atoms with Gasteiger partial charge in [0.25, 0.3) is 0 Å². The molecule has 1 fully saturated rings. The van der Waals surface area contributed by atoms with Crippen LogP contribution in [0.15, 0.2) is 41.3 Å². The van der Waals surface area contributed by atoms with Crippen LogP contribution in [0, 0.1) is 5.92 Å². The number of halogens is 3. The summed E-state index contributed by atoms with van der Waals surface area (Å²) in [4.78, 5) is 17.2. The maximum Gasteiger partial charge on any atom is 0.243 e. The summed E-state index contributed by atoms with van der Waals surface area (Å²) in [5, 5.41) is 4.69. The molecule has 0 radical (unpaired) electrons. The number of aromatic nitrogens is 1. The van der Waals surface area contributed by atoms with E-state index in [2.05, 4.69) is 10.3 Å². The summed E-state index contributed by atoms with van der Waals surface area (Å²) in [5.41, 5.74) is 0.549. The van der Waals surface area contributed by atoms with Gasteiger partial charge in [0.05, 0.1) is 19.6 Å². The molecule has 0 aliphatic carbocycles. The lowest BCUT2D eigenvalue weighted by Crippen LogP contribution is -2.41. The number of fused-ring (bicyclic) bond motifs is 1. The molecule has 30 heavy (non-hydrogen) atoms. The Balaban J connectivity index is 1.42. The molecule has 1 aliphatic rings. The largest absolute Gasteiger partial charge is 0.302 e. The number of amides is 1. The molecule has 6 nitrogen and oxygen atoms in total. The Bertz CT molecular complexity index is 1170. The zero-order chi connectivity index (χ0) is 21.5. The van der Waals surface area contributed by atoms with Crippen LogP contribution in [0.3, 0.4) is 0 Å². The van der Waals surface area contributed by atoms with E-state index in [-0.39, 0.29) is 29.8 Å². The van der Waals surface area contributed by atoms with Crippen molar-refractivity contribution in [3.8, 4) is 0 Å². The highest BCUT2D eigenvalue weighted by Crippen LogP contribution is 2.36. The molecule has 0 atom stereocenters. The third-order valence-electron chi connectivity index (χ3n) is 4.95. The van der Waals surface area contributed by atoms with Gasteiger partial charge in [-0.05, 0) is 49.2 Å². The first kappa shape index (κ1) is 21.8. The third-order valence-corrected chi connectivity index (χ3v) is 8.85. The molecule has 4 rings (SSSR count). The fourth-order valence-electron chi connectivity index (χ4n) is 3.32. The van der Waals surface area contributed by atoms with Crippen LogP contribution in [0.2, 0.25) is 15.1 Å². The highest BCUT2D eigenvalue weighted by atomic mass is 35.5. The predicted molar refractivity (Wildman–Crippen MR) is 121 cm³/mol. The van der Waals surface area contributed by atoms with Crippen LogP contribution in [0.25, 0.3) is 10.2 Å². The van der Waals surface area contributed by atoms with E-state index in [1.165, 1.54) is 27.8 Å². The monoisotopic (exact) mass is 503 g/mol. The van der Waals surface area contributed by atoms with E-state index >= 15 is 0 Å². The van der Waals surface area contributed by atoms with Crippen LogP contribution in [-0.4, -0.2) is 36.7 Å². The lowest BCUT2D eigenvalue weighted by atomic mass is 9.97. The Morgan fingerprint density at radius 3 is 2.30 bits per heavy atom. The molecule has 2 aromatic carbocycles. The summed E-state index contributed by atoms with van der Waals surface area (Å²) in [5.74, 6) is -0.496. The molecule has 11 heteroatoms. The Morgan fingerprint density at radius 1 is 1.03 bits per heavy atom. The molecule has 1 aromatic heterocycles. The normalized spacial score (nSPS) is 16.1. The highest BCUT2D eigenvalue weighted by molar-refractivity contribution is 7.89. The summed E-state index contributed by atoms with van der Waals surface area (Å²) in [7, 11) is -3.61. The molecule has 1 N–H and O–H groups in total. The Labute approximate surface area is 192 Å². The first-order valence-corrected chi connectivity index (χ1v) is 12.5. The first-order chi connectivity index (χ1) is 14.3. The average molecular weight is 505 g/mol. The minimum atomic E-state index is -3.61. The van der Waals surface area contributed by atoms with Gasteiger partial charge >= 0.3 is 0 Å². The molecule has 2 heterocycles. The number of hydrogen-bond acceptors (Lipinski definition) is 5. The van der Waals surface area contributed by atoms with Crippen molar-refractivity contribution in [2.24, 2.45) is 5.92 Å². The number of piperidine rings is 1. The van der Waals surface area contributed by atoms with Crippen LogP contribution in [0.4, 0.5) is 5.13 Å². The molecule has 158 valence electrons. The van der Waals surface area contributed by atoms with Crippen LogP contribution in [0.1, 0.15) is 12.8 Å². The Kier molecular flexibility index (Phi) is 6.25. The van der Waals surface area contributed by atoms with Crippen molar-refractivity contribution in [2.75, 3.05) is 18.4 Å². The molecule has 0 bridgehead atoms. The van der Waals surface area contributed by atoms with Gasteiger partial charge in [-0.3, -0.25) is 4.79 Å². The van der Waals surface area contributed by atoms with E-state index in [1.807, 2.05) is 0 Å². The van der Waals surface area contributed by atoms with Crippen molar-refractivity contribution in [2.45, 2.75) is 17.7 Å². The summed E-state index contributed by atoms with van der Waals surface area (Å²) in [6.45, 7) is 0.529. The van der Waals surface area contributed by atoms with Crippen LogP contribution in [0.5, 0.6) is 0 Å². The molecule has 3 aromatic rings. The molecule has 1 amide bonds. The summed E-state index contributed by atoms with van der Waals surface area (Å²) < 4.78 is 27.7. The Hall–Kier alpha value is -1.42. The van der Waals surface area contributed by atoms with Crippen LogP contribution in [-0.2, 0) is 14.8 Å². The number of carbonyl (C=O) groups excluding carboxylic acids is 1. The minimum Gasteiger partial charge on any atom is -0.302 e. The van der Waals surface area contributed by atoms with Crippen molar-refractivity contribution < 1.29 is 13.2 Å². The van der Waals surface area contributed by atoms with Crippen molar-refractivity contribution in [3.63, 3.8) is 0 Å². The fraction of sp³-hybridized carbons (Fsp3) is 0.263. The second-order valence-electron chi connectivity index (χ2n) is 6.85. The quantitative estimate of drug-likeness (QED) is 0.523. The van der Waals surface area contributed by atoms with Crippen LogP contribution >= 0.6 is 46.1 Å². The van der Waals surface area contributed by atoms with Gasteiger partial charge in [0.15, 0.2) is 5.13 Å². The van der Waals surface area contributed by atoms with E-state index in [0.717, 1.165) is 0 Å². The molecule has 0 saturated carbocycles. The molecule has 0 unspecified atom stereocenters. The topological polar surface area (TPSA) is 79.4 Å². The number of anilines is 1.